The zero-order valence-electron chi connectivity index (χ0n) is 18.9. The Labute approximate surface area is 186 Å². The Morgan fingerprint density at radius 3 is 2.26 bits per heavy atom. The van der Waals surface area contributed by atoms with E-state index >= 15 is 0 Å². The Bertz CT molecular complexity index is 783. The maximum atomic E-state index is 9.14. The molecule has 0 bridgehead atoms. The van der Waals surface area contributed by atoms with Crippen molar-refractivity contribution in [2.75, 3.05) is 6.54 Å². The average molecular weight is 426 g/mol. The van der Waals surface area contributed by atoms with Gasteiger partial charge in [0, 0.05) is 6.54 Å². The van der Waals surface area contributed by atoms with Crippen molar-refractivity contribution >= 4 is 17.0 Å². The second kappa shape index (κ2) is 13.3. The molecule has 0 amide bonds. The normalized spacial score (nSPS) is 17.8. The van der Waals surface area contributed by atoms with Gasteiger partial charge in [0.05, 0.1) is 6.01 Å². The van der Waals surface area contributed by atoms with Crippen LogP contribution < -0.4 is 0 Å². The van der Waals surface area contributed by atoms with Crippen LogP contribution in [0.3, 0.4) is 0 Å². The molecule has 3 N–H and O–H groups in total. The van der Waals surface area contributed by atoms with Crippen LogP contribution in [-0.2, 0) is 0 Å². The summed E-state index contributed by atoms with van der Waals surface area (Å²) in [4.78, 5) is 3.88. The Hall–Kier alpha value is -2.20. The number of unbranched alkanes of at least 4 members (excludes halogenated alkanes) is 2. The highest BCUT2D eigenvalue weighted by Crippen LogP contribution is 2.42. The van der Waals surface area contributed by atoms with E-state index in [1.54, 1.807) is 18.2 Å². The monoisotopic (exact) mass is 425 g/mol. The summed E-state index contributed by atoms with van der Waals surface area (Å²) in [7, 11) is 0. The molecule has 2 fully saturated rings. The summed E-state index contributed by atoms with van der Waals surface area (Å²) in [6, 6.07) is 7.22. The average Bonchev–Trinajstić information content (AvgIpc) is 3.31. The second-order valence-electron chi connectivity index (χ2n) is 9.27. The van der Waals surface area contributed by atoms with Gasteiger partial charge in [0.25, 0.3) is 0 Å². The van der Waals surface area contributed by atoms with E-state index in [0.717, 1.165) is 30.7 Å². The number of aliphatic imine (C=N–C) groups is 1. The topological polar surface area (TPSA) is 98.0 Å². The number of benzene rings is 1. The minimum Gasteiger partial charge on any atom is -0.506 e. The molecule has 0 spiro atoms. The van der Waals surface area contributed by atoms with Gasteiger partial charge < -0.3 is 5.11 Å². The molecule has 0 unspecified atom stereocenters. The van der Waals surface area contributed by atoms with Crippen molar-refractivity contribution in [2.45, 2.75) is 89.9 Å². The minimum absolute atomic E-state index is 0.159. The van der Waals surface area contributed by atoms with Crippen LogP contribution in [0.4, 0.5) is 0 Å². The molecule has 2 aliphatic carbocycles. The Morgan fingerprint density at radius 2 is 1.65 bits per heavy atom. The lowest BCUT2D eigenvalue weighted by Gasteiger charge is -2.38. The fraction of sp³-hybridized carbons (Fsp3) is 0.720. The summed E-state index contributed by atoms with van der Waals surface area (Å²) in [6.45, 7) is 0.807. The molecule has 170 valence electrons. The number of aromatic hydroxyl groups is 1. The number of rotatable bonds is 8. The van der Waals surface area contributed by atoms with Gasteiger partial charge in [0.2, 0.25) is 0 Å². The number of aromatic nitrogens is 3. The maximum Gasteiger partial charge on any atom is 0.154 e. The zero-order chi connectivity index (χ0) is 21.7. The smallest absolute Gasteiger partial charge is 0.154 e. The van der Waals surface area contributed by atoms with Crippen molar-refractivity contribution in [3.05, 3.63) is 18.2 Å². The van der Waals surface area contributed by atoms with Crippen LogP contribution >= 0.6 is 0 Å². The molecule has 2 aromatic rings. The molecule has 2 aliphatic rings. The van der Waals surface area contributed by atoms with E-state index in [-0.39, 0.29) is 5.75 Å². The number of hydrogen-bond donors (Lipinski definition) is 3. The minimum atomic E-state index is 0.159. The summed E-state index contributed by atoms with van der Waals surface area (Å²) in [5, 5.41) is 25.9. The van der Waals surface area contributed by atoms with Gasteiger partial charge in [-0.3, -0.25) is 0 Å². The highest BCUT2D eigenvalue weighted by molar-refractivity contribution is 5.79. The predicted molar refractivity (Wildman–Crippen MR) is 126 cm³/mol. The first-order valence-corrected chi connectivity index (χ1v) is 12.4. The number of nitrogens with zero attached hydrogens (tertiary/aromatic N) is 3. The van der Waals surface area contributed by atoms with E-state index in [9.17, 15) is 0 Å². The van der Waals surface area contributed by atoms with Crippen molar-refractivity contribution in [1.82, 2.24) is 15.4 Å². The molecule has 0 saturated heterocycles. The number of para-hydroxylation sites is 1. The maximum absolute atomic E-state index is 9.14. The molecule has 0 atom stereocenters. The first-order valence-electron chi connectivity index (χ1n) is 12.4. The van der Waals surface area contributed by atoms with Gasteiger partial charge in [0.15, 0.2) is 5.52 Å². The van der Waals surface area contributed by atoms with Crippen molar-refractivity contribution in [3.8, 4) is 5.75 Å². The number of nitrogens with one attached hydrogen (secondary N) is 2. The van der Waals surface area contributed by atoms with E-state index < -0.39 is 0 Å². The number of phenols is 1. The number of fused-ring (bicyclic) bond motifs is 1. The van der Waals surface area contributed by atoms with E-state index in [1.165, 1.54) is 83.5 Å². The van der Waals surface area contributed by atoms with Crippen molar-refractivity contribution in [3.63, 3.8) is 0 Å². The summed E-state index contributed by atoms with van der Waals surface area (Å²) in [6.07, 6.45) is 20.2. The van der Waals surface area contributed by atoms with Gasteiger partial charge in [0.1, 0.15) is 11.3 Å². The largest absolute Gasteiger partial charge is 0.506 e. The lowest BCUT2D eigenvalue weighted by Crippen LogP contribution is -2.27. The van der Waals surface area contributed by atoms with Crippen LogP contribution in [0.15, 0.2) is 23.2 Å². The van der Waals surface area contributed by atoms with Gasteiger partial charge in [-0.15, -0.1) is 0 Å². The van der Waals surface area contributed by atoms with Crippen LogP contribution in [0.1, 0.15) is 89.9 Å². The third-order valence-corrected chi connectivity index (χ3v) is 7.22. The fourth-order valence-electron chi connectivity index (χ4n) is 5.64. The predicted octanol–water partition coefficient (Wildman–Crippen LogP) is 6.74. The van der Waals surface area contributed by atoms with Gasteiger partial charge in [-0.25, -0.2) is 10.4 Å². The van der Waals surface area contributed by atoms with Crippen LogP contribution in [0.5, 0.6) is 5.75 Å². The van der Waals surface area contributed by atoms with Crippen molar-refractivity contribution < 1.29 is 5.11 Å². The highest BCUT2D eigenvalue weighted by atomic mass is 16.3. The molecular weight excluding hydrogens is 386 g/mol. The number of phenolic OH excluding ortho intramolecular Hbond substituents is 1. The lowest BCUT2D eigenvalue weighted by atomic mass is 9.68. The number of H-pyrrole nitrogens is 1. The molecule has 1 aromatic heterocycles. The summed E-state index contributed by atoms with van der Waals surface area (Å²) in [5.41, 5.74) is 1.20. The molecule has 0 aliphatic heterocycles. The van der Waals surface area contributed by atoms with Gasteiger partial charge >= 0.3 is 0 Å². The SMILES string of the molecule is N=C=NCCCCCC(C1CCCCC1)C1CCCCC1.Oc1cccc2n[nH]nc12. The van der Waals surface area contributed by atoms with Gasteiger partial charge in [-0.1, -0.05) is 83.1 Å². The van der Waals surface area contributed by atoms with E-state index in [1.807, 2.05) is 0 Å². The van der Waals surface area contributed by atoms with Crippen LogP contribution in [-0.4, -0.2) is 33.1 Å². The zero-order valence-corrected chi connectivity index (χ0v) is 18.9. The van der Waals surface area contributed by atoms with Crippen LogP contribution in [0.25, 0.3) is 11.0 Å². The first kappa shape index (κ1) is 23.5. The van der Waals surface area contributed by atoms with E-state index in [2.05, 4.69) is 26.4 Å². The first-order chi connectivity index (χ1) is 15.3. The molecular formula is C25H39N5O. The Morgan fingerprint density at radius 1 is 0.968 bits per heavy atom. The second-order valence-corrected chi connectivity index (χ2v) is 9.27. The molecule has 0 radical (unpaired) electrons. The van der Waals surface area contributed by atoms with Crippen molar-refractivity contribution in [2.24, 2.45) is 22.7 Å². The van der Waals surface area contributed by atoms with Crippen molar-refractivity contribution in [1.29, 1.82) is 5.41 Å². The van der Waals surface area contributed by atoms with E-state index in [4.69, 9.17) is 10.5 Å². The molecule has 4 rings (SSSR count). The molecule has 6 nitrogen and oxygen atoms in total. The van der Waals surface area contributed by atoms with Crippen LogP contribution in [0.2, 0.25) is 0 Å². The fourth-order valence-corrected chi connectivity index (χ4v) is 5.64. The molecule has 2 saturated carbocycles. The molecule has 6 heteroatoms. The van der Waals surface area contributed by atoms with Gasteiger partial charge in [-0.2, -0.15) is 15.4 Å². The number of hydrogen-bond acceptors (Lipinski definition) is 5. The standard InChI is InChI=1S/C19H34N2.C6H5N3O/c20-16-21-15-9-3-8-14-19(17-10-4-1-5-11-17)18-12-6-2-7-13-18;10-5-3-1-2-4-6(5)8-9-7-4/h17-20H,1-15H2;1-3,10H,(H,7,8,9). The van der Waals surface area contributed by atoms with Gasteiger partial charge in [-0.05, 0) is 42.7 Å². The molecule has 1 heterocycles. The molecule has 31 heavy (non-hydrogen) atoms. The summed E-state index contributed by atoms with van der Waals surface area (Å²) < 4.78 is 0. The Balaban J connectivity index is 0.000000225. The third kappa shape index (κ3) is 7.46. The third-order valence-electron chi connectivity index (χ3n) is 7.22. The quantitative estimate of drug-likeness (QED) is 0.322. The number of aromatic amines is 1. The van der Waals surface area contributed by atoms with E-state index in [0.29, 0.717) is 11.0 Å². The summed E-state index contributed by atoms with van der Waals surface area (Å²) >= 11 is 0. The Kier molecular flexibility index (Phi) is 10.0. The van der Waals surface area contributed by atoms with Crippen LogP contribution in [0, 0.1) is 23.2 Å². The lowest BCUT2D eigenvalue weighted by molar-refractivity contribution is 0.132. The summed E-state index contributed by atoms with van der Waals surface area (Å²) in [5.74, 6) is 3.27. The molecule has 1 aromatic carbocycles. The highest BCUT2D eigenvalue weighted by Gasteiger charge is 2.30.